The van der Waals surface area contributed by atoms with Gasteiger partial charge in [-0.15, -0.1) is 0 Å². The van der Waals surface area contributed by atoms with Gasteiger partial charge >= 0.3 is 0 Å². The molecule has 1 aromatic heterocycles. The van der Waals surface area contributed by atoms with E-state index < -0.39 is 9.84 Å². The minimum atomic E-state index is -3.39. The highest BCUT2D eigenvalue weighted by Crippen LogP contribution is 2.32. The second kappa shape index (κ2) is 8.76. The lowest BCUT2D eigenvalue weighted by atomic mass is 10.2. The van der Waals surface area contributed by atoms with E-state index in [0.717, 1.165) is 50.1 Å². The molecule has 1 aromatic carbocycles. The van der Waals surface area contributed by atoms with Crippen molar-refractivity contribution in [2.75, 3.05) is 19.4 Å². The second-order valence-corrected chi connectivity index (χ2v) is 10.7. The van der Waals surface area contributed by atoms with Gasteiger partial charge in [-0.25, -0.2) is 13.4 Å². The summed E-state index contributed by atoms with van der Waals surface area (Å²) in [7, 11) is -1.37. The number of hydrogen-bond donors (Lipinski definition) is 0. The number of imidazole rings is 1. The smallest absolute Gasteiger partial charge is 0.227 e. The topological polar surface area (TPSA) is 64.4 Å². The van der Waals surface area contributed by atoms with E-state index in [-0.39, 0.29) is 17.0 Å². The van der Waals surface area contributed by atoms with Gasteiger partial charge in [-0.1, -0.05) is 23.7 Å². The van der Waals surface area contributed by atoms with E-state index in [1.165, 1.54) is 0 Å². The Labute approximate surface area is 177 Å². The summed E-state index contributed by atoms with van der Waals surface area (Å²) in [6.45, 7) is 2.61. The van der Waals surface area contributed by atoms with E-state index >= 15 is 0 Å². The fourth-order valence-corrected chi connectivity index (χ4v) is 5.96. The maximum absolute atomic E-state index is 13.0. The Hall–Kier alpha value is -1.41. The fourth-order valence-electron chi connectivity index (χ4n) is 3.90. The average Bonchev–Trinajstić information content (AvgIpc) is 3.14. The molecule has 2 heterocycles. The Kier molecular flexibility index (Phi) is 6.30. The van der Waals surface area contributed by atoms with E-state index in [4.69, 9.17) is 16.3 Å². The summed E-state index contributed by atoms with van der Waals surface area (Å²) in [6, 6.07) is 7.79. The highest BCUT2D eigenvalue weighted by molar-refractivity contribution is 7.91. The van der Waals surface area contributed by atoms with Crippen LogP contribution in [-0.4, -0.2) is 48.4 Å². The van der Waals surface area contributed by atoms with E-state index in [1.807, 2.05) is 35.9 Å². The Morgan fingerprint density at radius 3 is 2.79 bits per heavy atom. The van der Waals surface area contributed by atoms with Crippen molar-refractivity contribution >= 4 is 21.4 Å². The first-order valence-corrected chi connectivity index (χ1v) is 12.3. The predicted molar refractivity (Wildman–Crippen MR) is 113 cm³/mol. The maximum atomic E-state index is 13.0. The molecule has 6 nitrogen and oxygen atoms in total. The number of ether oxygens (including phenoxy) is 1. The number of benzene rings is 1. The van der Waals surface area contributed by atoms with Crippen LogP contribution in [-0.2, 0) is 34.2 Å². The number of hydrogen-bond acceptors (Lipinski definition) is 5. The van der Waals surface area contributed by atoms with Gasteiger partial charge in [0.1, 0.15) is 0 Å². The third-order valence-electron chi connectivity index (χ3n) is 5.52. The van der Waals surface area contributed by atoms with Crippen molar-refractivity contribution in [1.29, 1.82) is 0 Å². The van der Waals surface area contributed by atoms with Crippen molar-refractivity contribution in [2.45, 2.75) is 56.6 Å². The van der Waals surface area contributed by atoms with Gasteiger partial charge in [-0.2, -0.15) is 0 Å². The van der Waals surface area contributed by atoms with Gasteiger partial charge < -0.3 is 9.30 Å². The first kappa shape index (κ1) is 20.8. The van der Waals surface area contributed by atoms with Crippen molar-refractivity contribution in [3.8, 4) is 0 Å². The summed E-state index contributed by atoms with van der Waals surface area (Å²) in [5.74, 6) is 0.495. The van der Waals surface area contributed by atoms with Crippen LogP contribution in [0, 0.1) is 5.92 Å². The van der Waals surface area contributed by atoms with Gasteiger partial charge in [0.2, 0.25) is 15.0 Å². The molecule has 1 aliphatic heterocycles. The van der Waals surface area contributed by atoms with Crippen LogP contribution in [0.25, 0.3) is 0 Å². The van der Waals surface area contributed by atoms with E-state index in [0.29, 0.717) is 24.0 Å². The molecule has 4 rings (SSSR count). The molecule has 0 amide bonds. The molecular formula is C21H28ClN3O3S. The van der Waals surface area contributed by atoms with Crippen LogP contribution in [0.4, 0.5) is 0 Å². The summed E-state index contributed by atoms with van der Waals surface area (Å²) < 4.78 is 33.6. The number of sulfone groups is 1. The Balaban J connectivity index is 1.54. The van der Waals surface area contributed by atoms with Gasteiger partial charge in [0.25, 0.3) is 0 Å². The third-order valence-corrected chi connectivity index (χ3v) is 7.54. The van der Waals surface area contributed by atoms with Crippen molar-refractivity contribution in [2.24, 2.45) is 5.92 Å². The zero-order chi connectivity index (χ0) is 20.4. The minimum Gasteiger partial charge on any atom is -0.376 e. The molecule has 1 atom stereocenters. The normalized spacial score (nSPS) is 19.9. The lowest BCUT2D eigenvalue weighted by Gasteiger charge is -2.20. The van der Waals surface area contributed by atoms with Crippen LogP contribution in [0.3, 0.4) is 0 Å². The molecule has 1 saturated carbocycles. The third kappa shape index (κ3) is 5.40. The minimum absolute atomic E-state index is 0.0519. The van der Waals surface area contributed by atoms with Crippen LogP contribution in [0.5, 0.6) is 0 Å². The van der Waals surface area contributed by atoms with Crippen LogP contribution in [0.1, 0.15) is 36.9 Å². The van der Waals surface area contributed by atoms with Gasteiger partial charge in [0, 0.05) is 24.7 Å². The molecule has 0 spiro atoms. The summed E-state index contributed by atoms with van der Waals surface area (Å²) >= 11 is 6.10. The van der Waals surface area contributed by atoms with Gasteiger partial charge in [0.05, 0.1) is 30.3 Å². The number of halogens is 1. The summed E-state index contributed by atoms with van der Waals surface area (Å²) in [5, 5.41) is 0.916. The zero-order valence-corrected chi connectivity index (χ0v) is 18.3. The molecule has 0 radical (unpaired) electrons. The molecule has 1 saturated heterocycles. The number of aromatic nitrogens is 2. The van der Waals surface area contributed by atoms with Crippen molar-refractivity contribution in [3.63, 3.8) is 0 Å². The average molecular weight is 438 g/mol. The van der Waals surface area contributed by atoms with Crippen molar-refractivity contribution in [1.82, 2.24) is 14.5 Å². The van der Waals surface area contributed by atoms with Crippen LogP contribution in [0.2, 0.25) is 5.02 Å². The van der Waals surface area contributed by atoms with Crippen molar-refractivity contribution < 1.29 is 13.2 Å². The van der Waals surface area contributed by atoms with Crippen LogP contribution < -0.4 is 0 Å². The Morgan fingerprint density at radius 2 is 2.10 bits per heavy atom. The molecule has 2 aliphatic rings. The Bertz CT molecular complexity index is 950. The highest BCUT2D eigenvalue weighted by Gasteiger charge is 2.33. The summed E-state index contributed by atoms with van der Waals surface area (Å²) in [5.41, 5.74) is 2.02. The zero-order valence-electron chi connectivity index (χ0n) is 16.8. The first-order valence-electron chi connectivity index (χ1n) is 10.2. The fraction of sp³-hybridized carbons (Fsp3) is 0.571. The second-order valence-electron chi connectivity index (χ2n) is 8.30. The monoisotopic (exact) mass is 437 g/mol. The van der Waals surface area contributed by atoms with E-state index in [2.05, 4.69) is 9.88 Å². The molecule has 1 aliphatic carbocycles. The lowest BCUT2D eigenvalue weighted by molar-refractivity contribution is 0.0934. The number of nitrogens with zero attached hydrogens (tertiary/aromatic N) is 3. The van der Waals surface area contributed by atoms with Crippen LogP contribution in [0.15, 0.2) is 35.6 Å². The maximum Gasteiger partial charge on any atom is 0.227 e. The number of rotatable bonds is 9. The Morgan fingerprint density at radius 1 is 1.28 bits per heavy atom. The lowest BCUT2D eigenvalue weighted by Crippen LogP contribution is -2.25. The molecule has 0 unspecified atom stereocenters. The quantitative estimate of drug-likeness (QED) is 0.600. The molecule has 29 heavy (non-hydrogen) atoms. The highest BCUT2D eigenvalue weighted by atomic mass is 35.5. The largest absolute Gasteiger partial charge is 0.376 e. The molecule has 2 aromatic rings. The SMILES string of the molecule is CN(Cc1cccc(Cl)c1)Cc1cnc(S(=O)(=O)CC2CC2)n1C[C@H]1CCCO1. The van der Waals surface area contributed by atoms with Gasteiger partial charge in [-0.05, 0) is 56.3 Å². The molecule has 0 N–H and O–H groups in total. The first-order chi connectivity index (χ1) is 13.9. The predicted octanol–water partition coefficient (Wildman–Crippen LogP) is 3.53. The van der Waals surface area contributed by atoms with E-state index in [1.54, 1.807) is 6.20 Å². The standard InChI is InChI=1S/C21H28ClN3O3S/c1-24(12-17-4-2-5-18(22)10-17)13-19-11-23-21(29(26,27)15-16-7-8-16)25(19)14-20-6-3-9-28-20/h2,4-5,10-11,16,20H,3,6-9,12-15H2,1H3/t20-/m1/s1. The summed E-state index contributed by atoms with van der Waals surface area (Å²) in [4.78, 5) is 6.50. The van der Waals surface area contributed by atoms with E-state index in [9.17, 15) is 8.42 Å². The molecule has 0 bridgehead atoms. The van der Waals surface area contributed by atoms with Gasteiger partial charge in [-0.3, -0.25) is 4.90 Å². The van der Waals surface area contributed by atoms with Crippen molar-refractivity contribution in [3.05, 3.63) is 46.7 Å². The molecular weight excluding hydrogens is 410 g/mol. The molecule has 8 heteroatoms. The molecule has 158 valence electrons. The summed E-state index contributed by atoms with van der Waals surface area (Å²) in [6.07, 6.45) is 5.74. The van der Waals surface area contributed by atoms with Crippen LogP contribution >= 0.6 is 11.6 Å². The van der Waals surface area contributed by atoms with Gasteiger partial charge in [0.15, 0.2) is 0 Å². The molecule has 2 fully saturated rings.